The van der Waals surface area contributed by atoms with Crippen LogP contribution in [0.5, 0.6) is 11.5 Å². The van der Waals surface area contributed by atoms with Crippen molar-refractivity contribution in [2.75, 3.05) is 0 Å². The number of rotatable bonds is 3. The van der Waals surface area contributed by atoms with Crippen LogP contribution in [0, 0.1) is 5.82 Å². The van der Waals surface area contributed by atoms with Gasteiger partial charge in [0.15, 0.2) is 11.5 Å². The summed E-state index contributed by atoms with van der Waals surface area (Å²) in [5, 5.41) is 24.0. The first-order valence-corrected chi connectivity index (χ1v) is 7.91. The Morgan fingerprint density at radius 3 is 2.31 bits per heavy atom. The summed E-state index contributed by atoms with van der Waals surface area (Å²) in [6.45, 7) is 0. The number of phenols is 2. The minimum absolute atomic E-state index is 0.202. The lowest BCUT2D eigenvalue weighted by Gasteiger charge is -2.08. The highest BCUT2D eigenvalue weighted by atomic mass is 19.1. The van der Waals surface area contributed by atoms with E-state index in [2.05, 4.69) is 10.1 Å². The average Bonchev–Trinajstić information content (AvgIpc) is 3.11. The molecule has 0 fully saturated rings. The third kappa shape index (κ3) is 2.88. The van der Waals surface area contributed by atoms with Gasteiger partial charge in [-0.3, -0.25) is 4.98 Å². The van der Waals surface area contributed by atoms with Crippen molar-refractivity contribution in [1.82, 2.24) is 14.8 Å². The second-order valence-electron chi connectivity index (χ2n) is 5.72. The first kappa shape index (κ1) is 15.8. The van der Waals surface area contributed by atoms with E-state index in [-0.39, 0.29) is 17.3 Å². The van der Waals surface area contributed by atoms with Crippen molar-refractivity contribution in [3.63, 3.8) is 0 Å². The quantitative estimate of drug-likeness (QED) is 0.546. The lowest BCUT2D eigenvalue weighted by atomic mass is 10.1. The van der Waals surface area contributed by atoms with Crippen molar-refractivity contribution in [3.05, 3.63) is 78.7 Å². The highest BCUT2D eigenvalue weighted by molar-refractivity contribution is 5.71. The van der Waals surface area contributed by atoms with Gasteiger partial charge in [0.2, 0.25) is 0 Å². The smallest absolute Gasteiger partial charge is 0.158 e. The van der Waals surface area contributed by atoms with Crippen molar-refractivity contribution < 1.29 is 14.6 Å². The maximum Gasteiger partial charge on any atom is 0.158 e. The normalized spacial score (nSPS) is 10.8. The molecule has 0 aliphatic rings. The van der Waals surface area contributed by atoms with Gasteiger partial charge in [0.05, 0.1) is 17.1 Å². The van der Waals surface area contributed by atoms with E-state index in [0.29, 0.717) is 28.3 Å². The van der Waals surface area contributed by atoms with Crippen molar-refractivity contribution in [2.45, 2.75) is 0 Å². The van der Waals surface area contributed by atoms with Gasteiger partial charge in [0, 0.05) is 11.8 Å². The second kappa shape index (κ2) is 6.33. The summed E-state index contributed by atoms with van der Waals surface area (Å²) in [6.07, 6.45) is 1.68. The lowest BCUT2D eigenvalue weighted by Crippen LogP contribution is -1.99. The van der Waals surface area contributed by atoms with Crippen LogP contribution in [-0.4, -0.2) is 25.0 Å². The van der Waals surface area contributed by atoms with E-state index in [1.165, 1.54) is 24.3 Å². The third-order valence-corrected chi connectivity index (χ3v) is 3.98. The highest BCUT2D eigenvalue weighted by Gasteiger charge is 2.15. The summed E-state index contributed by atoms with van der Waals surface area (Å²) >= 11 is 0. The molecule has 128 valence electrons. The van der Waals surface area contributed by atoms with Gasteiger partial charge in [-0.05, 0) is 60.7 Å². The molecule has 4 aromatic rings. The first-order chi connectivity index (χ1) is 12.6. The molecule has 0 amide bonds. The Bertz CT molecular complexity index is 1060. The third-order valence-electron chi connectivity index (χ3n) is 3.98. The number of hydrogen-bond acceptors (Lipinski definition) is 4. The van der Waals surface area contributed by atoms with E-state index in [4.69, 9.17) is 0 Å². The molecule has 2 N–H and O–H groups in total. The van der Waals surface area contributed by atoms with E-state index in [0.717, 1.165) is 0 Å². The summed E-state index contributed by atoms with van der Waals surface area (Å²) in [6, 6.07) is 17.8. The molecular weight excluding hydrogens is 333 g/mol. The van der Waals surface area contributed by atoms with Gasteiger partial charge < -0.3 is 10.2 Å². The molecule has 0 radical (unpaired) electrons. The summed E-state index contributed by atoms with van der Waals surface area (Å²) in [7, 11) is 0. The number of hydrogen-bond donors (Lipinski definition) is 2. The van der Waals surface area contributed by atoms with Crippen molar-refractivity contribution in [3.8, 4) is 39.8 Å². The standard InChI is InChI=1S/C20H14FN3O2/c21-14-5-7-15(8-6-14)24-18(13-4-9-19(25)20(26)11-13)12-17(23-24)16-3-1-2-10-22-16/h1-12,25-26H. The van der Waals surface area contributed by atoms with E-state index >= 15 is 0 Å². The molecule has 2 aromatic carbocycles. The Balaban J connectivity index is 1.91. The van der Waals surface area contributed by atoms with Crippen LogP contribution in [0.3, 0.4) is 0 Å². The number of halogens is 1. The lowest BCUT2D eigenvalue weighted by molar-refractivity contribution is 0.404. The average molecular weight is 347 g/mol. The summed E-state index contributed by atoms with van der Waals surface area (Å²) in [5.74, 6) is -0.769. The SMILES string of the molecule is Oc1ccc(-c2cc(-c3ccccn3)nn2-c2ccc(F)cc2)cc1O. The fourth-order valence-corrected chi connectivity index (χ4v) is 2.69. The van der Waals surface area contributed by atoms with Crippen LogP contribution in [0.2, 0.25) is 0 Å². The maximum absolute atomic E-state index is 13.3. The van der Waals surface area contributed by atoms with Crippen LogP contribution in [0.4, 0.5) is 4.39 Å². The van der Waals surface area contributed by atoms with E-state index < -0.39 is 0 Å². The van der Waals surface area contributed by atoms with Gasteiger partial charge in [-0.2, -0.15) is 5.10 Å². The number of benzene rings is 2. The minimum Gasteiger partial charge on any atom is -0.504 e. The van der Waals surface area contributed by atoms with E-state index in [1.54, 1.807) is 29.1 Å². The maximum atomic E-state index is 13.3. The number of nitrogens with zero attached hydrogens (tertiary/aromatic N) is 3. The molecule has 0 aliphatic carbocycles. The molecule has 0 unspecified atom stereocenters. The molecule has 0 saturated carbocycles. The summed E-state index contributed by atoms with van der Waals surface area (Å²) in [5.41, 5.74) is 3.32. The minimum atomic E-state index is -0.338. The van der Waals surface area contributed by atoms with Crippen LogP contribution < -0.4 is 0 Å². The molecule has 2 heterocycles. The molecule has 0 saturated heterocycles. The van der Waals surface area contributed by atoms with Gasteiger partial charge in [0.1, 0.15) is 11.5 Å². The molecule has 4 rings (SSSR count). The fourth-order valence-electron chi connectivity index (χ4n) is 2.69. The van der Waals surface area contributed by atoms with Crippen molar-refractivity contribution >= 4 is 0 Å². The molecule has 5 nitrogen and oxygen atoms in total. The zero-order chi connectivity index (χ0) is 18.1. The molecule has 2 aromatic heterocycles. The number of pyridine rings is 1. The number of aromatic hydroxyl groups is 2. The van der Waals surface area contributed by atoms with E-state index in [1.807, 2.05) is 24.3 Å². The van der Waals surface area contributed by atoms with Gasteiger partial charge in [0.25, 0.3) is 0 Å². The number of phenolic OH excluding ortho intramolecular Hbond substituents is 2. The number of aromatic nitrogens is 3. The van der Waals surface area contributed by atoms with Gasteiger partial charge in [-0.15, -0.1) is 0 Å². The second-order valence-corrected chi connectivity index (χ2v) is 5.72. The monoisotopic (exact) mass is 347 g/mol. The molecule has 26 heavy (non-hydrogen) atoms. The van der Waals surface area contributed by atoms with Crippen LogP contribution >= 0.6 is 0 Å². The Labute approximate surface area is 148 Å². The Hall–Kier alpha value is -3.67. The largest absolute Gasteiger partial charge is 0.504 e. The predicted octanol–water partition coefficient (Wildman–Crippen LogP) is 4.15. The van der Waals surface area contributed by atoms with Crippen LogP contribution in [0.15, 0.2) is 72.9 Å². The summed E-state index contributed by atoms with van der Waals surface area (Å²) < 4.78 is 14.9. The van der Waals surface area contributed by atoms with Gasteiger partial charge in [-0.1, -0.05) is 6.07 Å². The van der Waals surface area contributed by atoms with Crippen molar-refractivity contribution in [1.29, 1.82) is 0 Å². The molecule has 0 aliphatic heterocycles. The Kier molecular flexibility index (Phi) is 3.85. The topological polar surface area (TPSA) is 71.2 Å². The molecule has 6 heteroatoms. The van der Waals surface area contributed by atoms with E-state index in [9.17, 15) is 14.6 Å². The van der Waals surface area contributed by atoms with Crippen molar-refractivity contribution in [2.24, 2.45) is 0 Å². The predicted molar refractivity (Wildman–Crippen MR) is 95.5 cm³/mol. The molecule has 0 spiro atoms. The van der Waals surface area contributed by atoms with Crippen LogP contribution in [0.1, 0.15) is 0 Å². The highest BCUT2D eigenvalue weighted by Crippen LogP contribution is 2.33. The molecule has 0 atom stereocenters. The first-order valence-electron chi connectivity index (χ1n) is 7.91. The Morgan fingerprint density at radius 1 is 0.808 bits per heavy atom. The van der Waals surface area contributed by atoms with Gasteiger partial charge >= 0.3 is 0 Å². The van der Waals surface area contributed by atoms with Crippen LogP contribution in [-0.2, 0) is 0 Å². The summed E-state index contributed by atoms with van der Waals surface area (Å²) in [4.78, 5) is 4.31. The van der Waals surface area contributed by atoms with Crippen LogP contribution in [0.25, 0.3) is 28.3 Å². The fraction of sp³-hybridized carbons (Fsp3) is 0. The zero-order valence-electron chi connectivity index (χ0n) is 13.5. The Morgan fingerprint density at radius 2 is 1.62 bits per heavy atom. The zero-order valence-corrected chi connectivity index (χ0v) is 13.5. The molecular formula is C20H14FN3O2. The molecule has 0 bridgehead atoms. The van der Waals surface area contributed by atoms with Gasteiger partial charge in [-0.25, -0.2) is 9.07 Å².